The van der Waals surface area contributed by atoms with Crippen LogP contribution >= 0.6 is 0 Å². The van der Waals surface area contributed by atoms with E-state index < -0.39 is 0 Å². The quantitative estimate of drug-likeness (QED) is 0.284. The summed E-state index contributed by atoms with van der Waals surface area (Å²) in [5.74, 6) is 0.282. The number of hydrogen-bond acceptors (Lipinski definition) is 4. The van der Waals surface area contributed by atoms with Gasteiger partial charge in [0.05, 0.1) is 6.10 Å². The van der Waals surface area contributed by atoms with E-state index in [0.717, 1.165) is 32.4 Å². The largest absolute Gasteiger partial charge is 0.409 e. The van der Waals surface area contributed by atoms with Crippen LogP contribution in [0.1, 0.15) is 40.0 Å². The van der Waals surface area contributed by atoms with Gasteiger partial charge in [0.1, 0.15) is 5.84 Å². The molecule has 0 radical (unpaired) electrons. The van der Waals surface area contributed by atoms with E-state index in [-0.39, 0.29) is 11.3 Å². The number of rotatable bonds is 6. The summed E-state index contributed by atoms with van der Waals surface area (Å²) in [5.41, 5.74) is 5.36. The summed E-state index contributed by atoms with van der Waals surface area (Å²) in [6.07, 6.45) is 3.46. The molecule has 0 amide bonds. The molecule has 1 heterocycles. The highest BCUT2D eigenvalue weighted by atomic mass is 16.5. The maximum atomic E-state index is 8.67. The molecule has 0 bridgehead atoms. The number of oxime groups is 1. The molecular weight excluding hydrogens is 218 g/mol. The predicted molar refractivity (Wildman–Crippen MR) is 68.2 cm³/mol. The van der Waals surface area contributed by atoms with E-state index >= 15 is 0 Å². The number of nitrogens with two attached hydrogens (primary N) is 1. The van der Waals surface area contributed by atoms with Crippen molar-refractivity contribution in [1.82, 2.24) is 5.32 Å². The van der Waals surface area contributed by atoms with E-state index in [2.05, 4.69) is 17.4 Å². The summed E-state index contributed by atoms with van der Waals surface area (Å²) >= 11 is 0. The Morgan fingerprint density at radius 2 is 2.35 bits per heavy atom. The fourth-order valence-corrected chi connectivity index (χ4v) is 2.00. The fourth-order valence-electron chi connectivity index (χ4n) is 2.00. The molecule has 17 heavy (non-hydrogen) atoms. The van der Waals surface area contributed by atoms with Gasteiger partial charge in [0, 0.05) is 18.1 Å². The summed E-state index contributed by atoms with van der Waals surface area (Å²) < 4.78 is 5.62. The van der Waals surface area contributed by atoms with Gasteiger partial charge in [-0.05, 0) is 32.7 Å². The Morgan fingerprint density at radius 1 is 1.65 bits per heavy atom. The van der Waals surface area contributed by atoms with E-state index in [9.17, 15) is 0 Å². The van der Waals surface area contributed by atoms with Crippen LogP contribution in [-0.2, 0) is 4.74 Å². The zero-order chi connectivity index (χ0) is 12.9. The molecule has 1 rings (SSSR count). The minimum atomic E-state index is -0.280. The van der Waals surface area contributed by atoms with E-state index in [4.69, 9.17) is 15.7 Å². The second-order valence-corrected chi connectivity index (χ2v) is 5.41. The Labute approximate surface area is 103 Å². The van der Waals surface area contributed by atoms with Gasteiger partial charge >= 0.3 is 0 Å². The van der Waals surface area contributed by atoms with Crippen molar-refractivity contribution >= 4 is 5.84 Å². The van der Waals surface area contributed by atoms with Gasteiger partial charge in [0.2, 0.25) is 0 Å². The van der Waals surface area contributed by atoms with E-state index in [0.29, 0.717) is 12.1 Å². The van der Waals surface area contributed by atoms with Crippen LogP contribution in [0.3, 0.4) is 0 Å². The maximum Gasteiger partial charge on any atom is 0.144 e. The molecule has 0 aromatic heterocycles. The van der Waals surface area contributed by atoms with Gasteiger partial charge < -0.3 is 21.0 Å². The molecule has 2 atom stereocenters. The first-order valence-electron chi connectivity index (χ1n) is 6.30. The van der Waals surface area contributed by atoms with Crippen molar-refractivity contribution in [3.63, 3.8) is 0 Å². The third-order valence-corrected chi connectivity index (χ3v) is 3.54. The predicted octanol–water partition coefficient (Wildman–Crippen LogP) is 1.31. The Morgan fingerprint density at radius 3 is 2.88 bits per heavy atom. The second kappa shape index (κ2) is 6.21. The van der Waals surface area contributed by atoms with Gasteiger partial charge in [-0.2, -0.15) is 0 Å². The van der Waals surface area contributed by atoms with Crippen molar-refractivity contribution in [3.05, 3.63) is 0 Å². The number of ether oxygens (including phenoxy) is 1. The molecule has 0 aromatic carbocycles. The van der Waals surface area contributed by atoms with Gasteiger partial charge in [-0.3, -0.25) is 0 Å². The highest BCUT2D eigenvalue weighted by molar-refractivity contribution is 5.85. The Hall–Kier alpha value is -0.810. The highest BCUT2D eigenvalue weighted by Gasteiger charge is 2.25. The van der Waals surface area contributed by atoms with Crippen LogP contribution in [0.4, 0.5) is 0 Å². The smallest absolute Gasteiger partial charge is 0.144 e. The number of nitrogens with zero attached hydrogens (tertiary/aromatic N) is 1. The van der Waals surface area contributed by atoms with E-state index in [1.165, 1.54) is 0 Å². The molecule has 100 valence electrons. The number of amidine groups is 1. The fraction of sp³-hybridized carbons (Fsp3) is 0.917. The van der Waals surface area contributed by atoms with Crippen molar-refractivity contribution < 1.29 is 9.94 Å². The lowest BCUT2D eigenvalue weighted by molar-refractivity contribution is 0.0831. The van der Waals surface area contributed by atoms with Crippen LogP contribution in [0.5, 0.6) is 0 Å². The van der Waals surface area contributed by atoms with Crippen LogP contribution in [-0.4, -0.2) is 36.3 Å². The first-order valence-corrected chi connectivity index (χ1v) is 6.30. The van der Waals surface area contributed by atoms with Crippen LogP contribution in [0.15, 0.2) is 5.16 Å². The summed E-state index contributed by atoms with van der Waals surface area (Å²) in [6.45, 7) is 7.81. The average molecular weight is 243 g/mol. The maximum absolute atomic E-state index is 8.67. The lowest BCUT2D eigenvalue weighted by atomic mass is 9.88. The SMILES string of the molecule is CC(NCCC(C)(C)C(N)=NO)C1CCCO1. The minimum Gasteiger partial charge on any atom is -0.409 e. The van der Waals surface area contributed by atoms with Crippen molar-refractivity contribution in [1.29, 1.82) is 0 Å². The molecular formula is C12H25N3O2. The van der Waals surface area contributed by atoms with Crippen LogP contribution in [0.2, 0.25) is 0 Å². The van der Waals surface area contributed by atoms with Crippen LogP contribution in [0.25, 0.3) is 0 Å². The third-order valence-electron chi connectivity index (χ3n) is 3.54. The molecule has 5 nitrogen and oxygen atoms in total. The Kier molecular flexibility index (Phi) is 5.21. The summed E-state index contributed by atoms with van der Waals surface area (Å²) in [6, 6.07) is 0.362. The Balaban J connectivity index is 2.27. The lowest BCUT2D eigenvalue weighted by Crippen LogP contribution is -2.40. The molecule has 1 aliphatic heterocycles. The summed E-state index contributed by atoms with van der Waals surface area (Å²) in [4.78, 5) is 0. The van der Waals surface area contributed by atoms with Gasteiger partial charge in [-0.1, -0.05) is 19.0 Å². The first kappa shape index (κ1) is 14.3. The molecule has 1 saturated heterocycles. The molecule has 5 heteroatoms. The van der Waals surface area contributed by atoms with Gasteiger partial charge in [-0.15, -0.1) is 0 Å². The van der Waals surface area contributed by atoms with E-state index in [1.54, 1.807) is 0 Å². The topological polar surface area (TPSA) is 79.9 Å². The molecule has 4 N–H and O–H groups in total. The van der Waals surface area contributed by atoms with Crippen LogP contribution in [0, 0.1) is 5.41 Å². The first-order chi connectivity index (χ1) is 7.97. The highest BCUT2D eigenvalue weighted by Crippen LogP contribution is 2.20. The monoisotopic (exact) mass is 243 g/mol. The molecule has 2 unspecified atom stereocenters. The zero-order valence-electron chi connectivity index (χ0n) is 11.1. The lowest BCUT2D eigenvalue weighted by Gasteiger charge is -2.25. The van der Waals surface area contributed by atoms with Crippen molar-refractivity contribution in [2.45, 2.75) is 52.2 Å². The van der Waals surface area contributed by atoms with E-state index in [1.807, 2.05) is 13.8 Å². The van der Waals surface area contributed by atoms with Crippen LogP contribution < -0.4 is 11.1 Å². The molecule has 0 aliphatic carbocycles. The number of nitrogens with one attached hydrogen (secondary N) is 1. The second-order valence-electron chi connectivity index (χ2n) is 5.41. The Bertz CT molecular complexity index is 260. The van der Waals surface area contributed by atoms with Crippen molar-refractivity contribution in [3.8, 4) is 0 Å². The standard InChI is InChI=1S/C12H25N3O2/c1-9(10-5-4-8-17-10)14-7-6-12(2,3)11(13)15-16/h9-10,14,16H,4-8H2,1-3H3,(H2,13,15). The summed E-state index contributed by atoms with van der Waals surface area (Å²) in [5, 5.41) is 15.2. The normalized spacial score (nSPS) is 23.9. The number of hydrogen-bond donors (Lipinski definition) is 3. The molecule has 0 saturated carbocycles. The zero-order valence-corrected chi connectivity index (χ0v) is 11.1. The van der Waals surface area contributed by atoms with Crippen molar-refractivity contribution in [2.24, 2.45) is 16.3 Å². The minimum absolute atomic E-state index is 0.280. The molecule has 1 aliphatic rings. The van der Waals surface area contributed by atoms with Gasteiger partial charge in [0.15, 0.2) is 0 Å². The summed E-state index contributed by atoms with van der Waals surface area (Å²) in [7, 11) is 0. The molecule has 0 spiro atoms. The third kappa shape index (κ3) is 4.16. The van der Waals surface area contributed by atoms with Gasteiger partial charge in [-0.25, -0.2) is 0 Å². The molecule has 1 fully saturated rings. The van der Waals surface area contributed by atoms with Gasteiger partial charge in [0.25, 0.3) is 0 Å². The average Bonchev–Trinajstić information content (AvgIpc) is 2.80. The van der Waals surface area contributed by atoms with Crippen molar-refractivity contribution in [2.75, 3.05) is 13.2 Å². The molecule has 0 aromatic rings.